The van der Waals surface area contributed by atoms with Gasteiger partial charge in [0, 0.05) is 13.6 Å². The molecule has 0 aromatic heterocycles. The smallest absolute Gasteiger partial charge is 0.264 e. The summed E-state index contributed by atoms with van der Waals surface area (Å²) in [5.74, 6) is -0.765. The SMILES string of the molecule is CC[C@@H](C(=O)NC)N(Cc1cccc(C)c1)C(=O)CN(c1ccc(C)cc1)S(=O)(=O)c1ccccc1. The molecule has 2 amide bonds. The van der Waals surface area contributed by atoms with Gasteiger partial charge in [0.15, 0.2) is 0 Å². The Bertz CT molecular complexity index is 1290. The van der Waals surface area contributed by atoms with Crippen molar-refractivity contribution < 1.29 is 18.0 Å². The van der Waals surface area contributed by atoms with Crippen LogP contribution in [0.15, 0.2) is 83.8 Å². The van der Waals surface area contributed by atoms with Crippen molar-refractivity contribution in [3.63, 3.8) is 0 Å². The lowest BCUT2D eigenvalue weighted by molar-refractivity contribution is -0.140. The highest BCUT2D eigenvalue weighted by Gasteiger charge is 2.33. The molecule has 1 N–H and O–H groups in total. The molecule has 0 aliphatic carbocycles. The molecule has 0 heterocycles. The number of carbonyl (C=O) groups is 2. The minimum Gasteiger partial charge on any atom is -0.357 e. The van der Waals surface area contributed by atoms with Crippen molar-refractivity contribution in [1.29, 1.82) is 0 Å². The molecular formula is C28H33N3O4S. The highest BCUT2D eigenvalue weighted by Crippen LogP contribution is 2.25. The lowest BCUT2D eigenvalue weighted by atomic mass is 10.1. The Hall–Kier alpha value is -3.65. The van der Waals surface area contributed by atoms with Gasteiger partial charge in [0.1, 0.15) is 12.6 Å². The van der Waals surface area contributed by atoms with E-state index in [-0.39, 0.29) is 17.3 Å². The number of carbonyl (C=O) groups excluding carboxylic acids is 2. The molecular weight excluding hydrogens is 474 g/mol. The van der Waals surface area contributed by atoms with E-state index in [0.29, 0.717) is 12.1 Å². The van der Waals surface area contributed by atoms with Crippen molar-refractivity contribution >= 4 is 27.5 Å². The number of anilines is 1. The summed E-state index contributed by atoms with van der Waals surface area (Å²) in [4.78, 5) is 28.1. The van der Waals surface area contributed by atoms with E-state index in [1.54, 1.807) is 42.5 Å². The Morgan fingerprint density at radius 3 is 2.14 bits per heavy atom. The summed E-state index contributed by atoms with van der Waals surface area (Å²) in [6.45, 7) is 5.43. The Morgan fingerprint density at radius 2 is 1.56 bits per heavy atom. The van der Waals surface area contributed by atoms with E-state index in [1.165, 1.54) is 24.1 Å². The summed E-state index contributed by atoms with van der Waals surface area (Å²) in [7, 11) is -2.52. The normalized spacial score (nSPS) is 12.0. The van der Waals surface area contributed by atoms with Crippen LogP contribution in [0.3, 0.4) is 0 Å². The van der Waals surface area contributed by atoms with Crippen LogP contribution in [0.5, 0.6) is 0 Å². The molecule has 0 radical (unpaired) electrons. The summed E-state index contributed by atoms with van der Waals surface area (Å²) in [6, 6.07) is 22.0. The quantitative estimate of drug-likeness (QED) is 0.449. The molecule has 0 fully saturated rings. The van der Waals surface area contributed by atoms with Crippen LogP contribution in [0, 0.1) is 13.8 Å². The highest BCUT2D eigenvalue weighted by atomic mass is 32.2. The minimum absolute atomic E-state index is 0.0851. The molecule has 36 heavy (non-hydrogen) atoms. The molecule has 1 atom stereocenters. The van der Waals surface area contributed by atoms with Gasteiger partial charge in [-0.15, -0.1) is 0 Å². The zero-order chi connectivity index (χ0) is 26.3. The number of sulfonamides is 1. The van der Waals surface area contributed by atoms with Gasteiger partial charge in [-0.2, -0.15) is 0 Å². The second kappa shape index (κ2) is 11.9. The minimum atomic E-state index is -4.05. The topological polar surface area (TPSA) is 86.8 Å². The van der Waals surface area contributed by atoms with E-state index in [9.17, 15) is 18.0 Å². The van der Waals surface area contributed by atoms with Crippen molar-refractivity contribution in [1.82, 2.24) is 10.2 Å². The van der Waals surface area contributed by atoms with Gasteiger partial charge >= 0.3 is 0 Å². The highest BCUT2D eigenvalue weighted by molar-refractivity contribution is 7.92. The van der Waals surface area contributed by atoms with Crippen LogP contribution in [-0.2, 0) is 26.2 Å². The summed E-state index contributed by atoms with van der Waals surface area (Å²) >= 11 is 0. The van der Waals surface area contributed by atoms with Gasteiger partial charge < -0.3 is 10.2 Å². The van der Waals surface area contributed by atoms with Crippen LogP contribution in [0.2, 0.25) is 0 Å². The first kappa shape index (κ1) is 26.9. The van der Waals surface area contributed by atoms with Crippen LogP contribution in [0.1, 0.15) is 30.0 Å². The number of rotatable bonds is 10. The number of benzene rings is 3. The second-order valence-electron chi connectivity index (χ2n) is 8.71. The molecule has 0 aliphatic rings. The van der Waals surface area contributed by atoms with Crippen LogP contribution >= 0.6 is 0 Å². The average molecular weight is 508 g/mol. The molecule has 3 rings (SSSR count). The van der Waals surface area contributed by atoms with Gasteiger partial charge in [-0.25, -0.2) is 8.42 Å². The maximum Gasteiger partial charge on any atom is 0.264 e. The fourth-order valence-corrected chi connectivity index (χ4v) is 5.49. The van der Waals surface area contributed by atoms with Gasteiger partial charge in [-0.3, -0.25) is 13.9 Å². The van der Waals surface area contributed by atoms with Crippen molar-refractivity contribution in [2.24, 2.45) is 0 Å². The van der Waals surface area contributed by atoms with Gasteiger partial charge in [-0.1, -0.05) is 72.6 Å². The maximum atomic E-state index is 13.8. The third kappa shape index (κ3) is 6.31. The monoisotopic (exact) mass is 507 g/mol. The number of nitrogens with one attached hydrogen (secondary N) is 1. The summed E-state index contributed by atoms with van der Waals surface area (Å²) < 4.78 is 28.5. The van der Waals surface area contributed by atoms with Gasteiger partial charge in [0.05, 0.1) is 10.6 Å². The number of aryl methyl sites for hydroxylation is 2. The fraction of sp³-hybridized carbons (Fsp3) is 0.286. The van der Waals surface area contributed by atoms with Crippen LogP contribution in [-0.4, -0.2) is 44.8 Å². The first-order chi connectivity index (χ1) is 17.2. The number of nitrogens with zero attached hydrogens (tertiary/aromatic N) is 2. The third-order valence-corrected chi connectivity index (χ3v) is 7.79. The molecule has 0 aliphatic heterocycles. The van der Waals surface area contributed by atoms with Gasteiger partial charge in [-0.05, 0) is 50.1 Å². The molecule has 190 valence electrons. The molecule has 0 unspecified atom stereocenters. The molecule has 0 saturated carbocycles. The third-order valence-electron chi connectivity index (χ3n) is 6.00. The van der Waals surface area contributed by atoms with E-state index in [2.05, 4.69) is 5.32 Å². The Balaban J connectivity index is 2.04. The lowest BCUT2D eigenvalue weighted by Gasteiger charge is -2.33. The van der Waals surface area contributed by atoms with Crippen molar-refractivity contribution in [2.75, 3.05) is 17.9 Å². The Labute approximate surface area is 213 Å². The van der Waals surface area contributed by atoms with Crippen molar-refractivity contribution in [3.05, 3.63) is 95.6 Å². The zero-order valence-corrected chi connectivity index (χ0v) is 22.0. The van der Waals surface area contributed by atoms with Gasteiger partial charge in [0.25, 0.3) is 10.0 Å². The fourth-order valence-electron chi connectivity index (χ4n) is 4.05. The van der Waals surface area contributed by atoms with Crippen LogP contribution < -0.4 is 9.62 Å². The zero-order valence-electron chi connectivity index (χ0n) is 21.1. The largest absolute Gasteiger partial charge is 0.357 e. The average Bonchev–Trinajstić information content (AvgIpc) is 2.88. The summed E-state index contributed by atoms with van der Waals surface area (Å²) in [6.07, 6.45) is 0.382. The summed E-state index contributed by atoms with van der Waals surface area (Å²) in [5, 5.41) is 2.63. The van der Waals surface area contributed by atoms with Crippen LogP contribution in [0.25, 0.3) is 0 Å². The van der Waals surface area contributed by atoms with E-state index < -0.39 is 28.5 Å². The number of amides is 2. The predicted octanol–water partition coefficient (Wildman–Crippen LogP) is 4.05. The second-order valence-corrected chi connectivity index (χ2v) is 10.6. The van der Waals surface area contributed by atoms with Crippen LogP contribution in [0.4, 0.5) is 5.69 Å². The predicted molar refractivity (Wildman–Crippen MR) is 142 cm³/mol. The Morgan fingerprint density at radius 1 is 0.889 bits per heavy atom. The molecule has 8 heteroatoms. The molecule has 0 spiro atoms. The molecule has 3 aromatic carbocycles. The molecule has 3 aromatic rings. The first-order valence-corrected chi connectivity index (χ1v) is 13.3. The van der Waals surface area contributed by atoms with Gasteiger partial charge in [0.2, 0.25) is 11.8 Å². The lowest BCUT2D eigenvalue weighted by Crippen LogP contribution is -2.51. The van der Waals surface area contributed by atoms with E-state index in [1.807, 2.05) is 45.0 Å². The number of hydrogen-bond donors (Lipinski definition) is 1. The number of likely N-dealkylation sites (N-methyl/N-ethyl adjacent to an activating group) is 1. The standard InChI is InChI=1S/C28H33N3O4S/c1-5-26(28(33)29-4)30(19-23-11-9-10-22(3)18-23)27(32)20-31(24-16-14-21(2)15-17-24)36(34,35)25-12-7-6-8-13-25/h6-18,26H,5,19-20H2,1-4H3,(H,29,33)/t26-/m0/s1. The Kier molecular flexibility index (Phi) is 8.88. The molecule has 7 nitrogen and oxygen atoms in total. The van der Waals surface area contributed by atoms with Crippen molar-refractivity contribution in [3.8, 4) is 0 Å². The van der Waals surface area contributed by atoms with E-state index in [0.717, 1.165) is 21.0 Å². The molecule has 0 saturated heterocycles. The summed E-state index contributed by atoms with van der Waals surface area (Å²) in [5.41, 5.74) is 3.23. The van der Waals surface area contributed by atoms with Crippen molar-refractivity contribution in [2.45, 2.75) is 44.7 Å². The van der Waals surface area contributed by atoms with E-state index in [4.69, 9.17) is 0 Å². The first-order valence-electron chi connectivity index (χ1n) is 11.9. The maximum absolute atomic E-state index is 13.8. The number of hydrogen-bond acceptors (Lipinski definition) is 4. The molecule has 0 bridgehead atoms. The van der Waals surface area contributed by atoms with E-state index >= 15 is 0 Å².